The highest BCUT2D eigenvalue weighted by Gasteiger charge is 2.56. The number of carbonyl (C=O) groups is 2. The SMILES string of the molecule is Cc1cn([C@H]2O[C@H](COC(=O)c3ccccc3)[C@@](C)(COC(=O)c3ccccc3)[C@@H]2F)c(=O)[nH]c1=O. The summed E-state index contributed by atoms with van der Waals surface area (Å²) in [7, 11) is 0. The van der Waals surface area contributed by atoms with Crippen LogP contribution in [0.15, 0.2) is 76.4 Å². The van der Waals surface area contributed by atoms with E-state index in [9.17, 15) is 19.2 Å². The Labute approximate surface area is 205 Å². The molecule has 1 N–H and O–H groups in total. The summed E-state index contributed by atoms with van der Waals surface area (Å²) < 4.78 is 33.6. The topological polar surface area (TPSA) is 117 Å². The number of aromatic amines is 1. The molecule has 36 heavy (non-hydrogen) atoms. The lowest BCUT2D eigenvalue weighted by atomic mass is 9.82. The van der Waals surface area contributed by atoms with Gasteiger partial charge in [0.25, 0.3) is 5.56 Å². The lowest BCUT2D eigenvalue weighted by molar-refractivity contribution is -0.0635. The summed E-state index contributed by atoms with van der Waals surface area (Å²) in [6, 6.07) is 16.4. The average Bonchev–Trinajstić information content (AvgIpc) is 3.14. The number of ether oxygens (including phenoxy) is 3. The molecule has 0 bridgehead atoms. The molecule has 9 nitrogen and oxygen atoms in total. The lowest BCUT2D eigenvalue weighted by Gasteiger charge is -2.30. The molecule has 0 radical (unpaired) electrons. The van der Waals surface area contributed by atoms with Crippen molar-refractivity contribution in [2.75, 3.05) is 13.2 Å². The van der Waals surface area contributed by atoms with E-state index >= 15 is 4.39 Å². The number of esters is 2. The number of carbonyl (C=O) groups excluding carboxylic acids is 2. The van der Waals surface area contributed by atoms with Crippen molar-refractivity contribution in [3.63, 3.8) is 0 Å². The molecule has 10 heteroatoms. The van der Waals surface area contributed by atoms with Crippen molar-refractivity contribution in [3.05, 3.63) is 104 Å². The van der Waals surface area contributed by atoms with Gasteiger partial charge in [0, 0.05) is 11.8 Å². The van der Waals surface area contributed by atoms with Gasteiger partial charge in [-0.25, -0.2) is 18.8 Å². The van der Waals surface area contributed by atoms with Gasteiger partial charge in [-0.05, 0) is 31.2 Å². The Morgan fingerprint density at radius 3 is 2.14 bits per heavy atom. The molecule has 2 aromatic carbocycles. The van der Waals surface area contributed by atoms with Crippen molar-refractivity contribution < 1.29 is 28.2 Å². The largest absolute Gasteiger partial charge is 0.461 e. The van der Waals surface area contributed by atoms with Crippen molar-refractivity contribution in [2.24, 2.45) is 5.41 Å². The van der Waals surface area contributed by atoms with E-state index in [-0.39, 0.29) is 17.7 Å². The molecule has 1 fully saturated rings. The second-order valence-electron chi connectivity index (χ2n) is 8.81. The Morgan fingerprint density at radius 1 is 1.00 bits per heavy atom. The third-order valence-electron chi connectivity index (χ3n) is 6.24. The minimum absolute atomic E-state index is 0.182. The number of nitrogens with zero attached hydrogens (tertiary/aromatic N) is 1. The number of nitrogens with one attached hydrogen (secondary N) is 1. The predicted octanol–water partition coefficient (Wildman–Crippen LogP) is 2.80. The molecule has 1 aliphatic heterocycles. The van der Waals surface area contributed by atoms with Crippen molar-refractivity contribution in [2.45, 2.75) is 32.4 Å². The highest BCUT2D eigenvalue weighted by Crippen LogP contribution is 2.45. The highest BCUT2D eigenvalue weighted by atomic mass is 19.1. The summed E-state index contributed by atoms with van der Waals surface area (Å²) in [5.41, 5.74) is -2.18. The predicted molar refractivity (Wildman–Crippen MR) is 126 cm³/mol. The molecule has 4 atom stereocenters. The van der Waals surface area contributed by atoms with E-state index in [1.165, 1.54) is 20.0 Å². The summed E-state index contributed by atoms with van der Waals surface area (Å²) in [6.45, 7) is 2.18. The first kappa shape index (κ1) is 25.1. The van der Waals surface area contributed by atoms with Crippen molar-refractivity contribution in [3.8, 4) is 0 Å². The van der Waals surface area contributed by atoms with Gasteiger partial charge in [-0.15, -0.1) is 0 Å². The molecule has 2 heterocycles. The first-order valence-corrected chi connectivity index (χ1v) is 11.3. The number of hydrogen-bond donors (Lipinski definition) is 1. The third kappa shape index (κ3) is 4.99. The maximum Gasteiger partial charge on any atom is 0.338 e. The van der Waals surface area contributed by atoms with Crippen molar-refractivity contribution in [1.82, 2.24) is 9.55 Å². The van der Waals surface area contributed by atoms with Gasteiger partial charge in [-0.3, -0.25) is 14.3 Å². The number of alkyl halides is 1. The van der Waals surface area contributed by atoms with E-state index in [1.54, 1.807) is 60.7 Å². The average molecular weight is 496 g/mol. The van der Waals surface area contributed by atoms with Crippen LogP contribution in [0.3, 0.4) is 0 Å². The van der Waals surface area contributed by atoms with Crippen LogP contribution in [-0.2, 0) is 14.2 Å². The van der Waals surface area contributed by atoms with Crippen LogP contribution in [0.4, 0.5) is 4.39 Å². The molecule has 1 saturated heterocycles. The quantitative estimate of drug-likeness (QED) is 0.500. The van der Waals surface area contributed by atoms with Gasteiger partial charge >= 0.3 is 17.6 Å². The van der Waals surface area contributed by atoms with Crippen LogP contribution in [-0.4, -0.2) is 47.0 Å². The zero-order valence-electron chi connectivity index (χ0n) is 19.7. The Kier molecular flexibility index (Phi) is 7.16. The number of rotatable bonds is 7. The molecule has 1 aliphatic rings. The number of benzene rings is 2. The van der Waals surface area contributed by atoms with Gasteiger partial charge in [0.2, 0.25) is 0 Å². The monoisotopic (exact) mass is 496 g/mol. The van der Waals surface area contributed by atoms with Gasteiger partial charge in [0.1, 0.15) is 19.3 Å². The molecule has 1 aromatic heterocycles. The number of halogens is 1. The fraction of sp³-hybridized carbons (Fsp3) is 0.308. The third-order valence-corrected chi connectivity index (χ3v) is 6.24. The van der Waals surface area contributed by atoms with Crippen molar-refractivity contribution in [1.29, 1.82) is 0 Å². The minimum Gasteiger partial charge on any atom is -0.461 e. The molecule has 0 unspecified atom stereocenters. The number of aromatic nitrogens is 2. The molecule has 4 rings (SSSR count). The second kappa shape index (κ2) is 10.3. The molecule has 3 aromatic rings. The molecule has 188 valence electrons. The standard InChI is InChI=1S/C26H25FN2O7/c1-16-13-29(25(33)28-21(16)30)22-20(27)26(2,15-35-24(32)18-11-7-4-8-12-18)19(36-22)14-34-23(31)17-9-5-3-6-10-17/h3-13,19-20,22H,14-15H2,1-2H3,(H,28,30,33)/t19-,20-,22+,26-/m1/s1. The summed E-state index contributed by atoms with van der Waals surface area (Å²) in [5.74, 6) is -1.30. The first-order valence-electron chi connectivity index (χ1n) is 11.3. The van der Waals surface area contributed by atoms with Crippen LogP contribution in [0.2, 0.25) is 0 Å². The Morgan fingerprint density at radius 2 is 1.56 bits per heavy atom. The van der Waals surface area contributed by atoms with Gasteiger partial charge in [0.15, 0.2) is 12.4 Å². The maximum absolute atomic E-state index is 16.0. The molecule has 0 amide bonds. The summed E-state index contributed by atoms with van der Waals surface area (Å²) in [5, 5.41) is 0. The van der Waals surface area contributed by atoms with E-state index in [4.69, 9.17) is 14.2 Å². The number of hydrogen-bond acceptors (Lipinski definition) is 7. The summed E-state index contributed by atoms with van der Waals surface area (Å²) in [4.78, 5) is 51.4. The van der Waals surface area contributed by atoms with Crippen LogP contribution < -0.4 is 11.2 Å². The smallest absolute Gasteiger partial charge is 0.338 e. The second-order valence-corrected chi connectivity index (χ2v) is 8.81. The van der Waals surface area contributed by atoms with Gasteiger partial charge < -0.3 is 14.2 Å². The highest BCUT2D eigenvalue weighted by molar-refractivity contribution is 5.89. The van der Waals surface area contributed by atoms with E-state index in [0.717, 1.165) is 4.57 Å². The molecular formula is C26H25FN2O7. The zero-order chi connectivity index (χ0) is 25.9. The molecule has 0 saturated carbocycles. The maximum atomic E-state index is 16.0. The summed E-state index contributed by atoms with van der Waals surface area (Å²) >= 11 is 0. The lowest BCUT2D eigenvalue weighted by Crippen LogP contribution is -2.43. The first-order chi connectivity index (χ1) is 17.2. The van der Waals surface area contributed by atoms with Crippen LogP contribution in [0.5, 0.6) is 0 Å². The van der Waals surface area contributed by atoms with E-state index in [2.05, 4.69) is 4.98 Å². The normalized spacial score (nSPS) is 23.2. The fourth-order valence-corrected chi connectivity index (χ4v) is 3.97. The van der Waals surface area contributed by atoms with Crippen LogP contribution >= 0.6 is 0 Å². The molecule has 0 aliphatic carbocycles. The van der Waals surface area contributed by atoms with Crippen LogP contribution in [0, 0.1) is 12.3 Å². The van der Waals surface area contributed by atoms with Gasteiger partial charge in [-0.2, -0.15) is 0 Å². The molecule has 0 spiro atoms. The number of aryl methyl sites for hydroxylation is 1. The Hall–Kier alpha value is -4.05. The van der Waals surface area contributed by atoms with Gasteiger partial charge in [0.05, 0.1) is 16.5 Å². The zero-order valence-corrected chi connectivity index (χ0v) is 19.7. The fourth-order valence-electron chi connectivity index (χ4n) is 3.97. The van der Waals surface area contributed by atoms with E-state index in [0.29, 0.717) is 5.56 Å². The van der Waals surface area contributed by atoms with E-state index < -0.39 is 53.7 Å². The molecular weight excluding hydrogens is 471 g/mol. The van der Waals surface area contributed by atoms with E-state index in [1.807, 2.05) is 0 Å². The van der Waals surface area contributed by atoms with Crippen LogP contribution in [0.25, 0.3) is 0 Å². The van der Waals surface area contributed by atoms with Crippen molar-refractivity contribution >= 4 is 11.9 Å². The Bertz CT molecular complexity index is 1360. The summed E-state index contributed by atoms with van der Waals surface area (Å²) in [6.07, 6.45) is -3.18. The number of H-pyrrole nitrogens is 1. The minimum atomic E-state index is -1.86. The Balaban J connectivity index is 1.59. The van der Waals surface area contributed by atoms with Crippen LogP contribution in [0.1, 0.15) is 39.4 Å². The van der Waals surface area contributed by atoms with Gasteiger partial charge in [-0.1, -0.05) is 43.3 Å².